The van der Waals surface area contributed by atoms with E-state index in [1.165, 1.54) is 0 Å². The Hall–Kier alpha value is -2.57. The summed E-state index contributed by atoms with van der Waals surface area (Å²) in [7, 11) is 0. The second-order valence-corrected chi connectivity index (χ2v) is 6.99. The topological polar surface area (TPSA) is 110 Å². The quantitative estimate of drug-likeness (QED) is 0.804. The monoisotopic (exact) mass is 360 g/mol. The second-order valence-electron chi connectivity index (χ2n) is 6.99. The Labute approximate surface area is 152 Å². The first-order chi connectivity index (χ1) is 12.5. The molecule has 1 saturated heterocycles. The molecule has 0 radical (unpaired) electrons. The number of amides is 2. The van der Waals surface area contributed by atoms with E-state index >= 15 is 0 Å². The van der Waals surface area contributed by atoms with Gasteiger partial charge in [-0.2, -0.15) is 0 Å². The second kappa shape index (κ2) is 7.76. The minimum absolute atomic E-state index is 0.0483. The van der Waals surface area contributed by atoms with Crippen LogP contribution in [0, 0.1) is 5.92 Å². The molecule has 1 saturated carbocycles. The number of hydrogen-bond acceptors (Lipinski definition) is 4. The molecule has 1 heterocycles. The zero-order chi connectivity index (χ0) is 18.7. The molecule has 1 aromatic carbocycles. The molecule has 0 aromatic heterocycles. The van der Waals surface area contributed by atoms with Crippen molar-refractivity contribution in [1.29, 1.82) is 0 Å². The number of aliphatic carboxylic acids is 1. The van der Waals surface area contributed by atoms with Crippen LogP contribution in [0.3, 0.4) is 0 Å². The van der Waals surface area contributed by atoms with Crippen LogP contribution < -0.4 is 10.5 Å². The lowest BCUT2D eigenvalue weighted by Gasteiger charge is -2.33. The summed E-state index contributed by atoms with van der Waals surface area (Å²) in [5.74, 6) is -0.760. The molecule has 3 atom stereocenters. The van der Waals surface area contributed by atoms with Crippen molar-refractivity contribution in [2.75, 3.05) is 6.61 Å². The third kappa shape index (κ3) is 3.81. The molecule has 0 bridgehead atoms. The predicted molar refractivity (Wildman–Crippen MR) is 93.7 cm³/mol. The number of rotatable bonds is 6. The van der Waals surface area contributed by atoms with E-state index in [0.29, 0.717) is 23.7 Å². The van der Waals surface area contributed by atoms with E-state index in [-0.39, 0.29) is 25.0 Å². The average Bonchev–Trinajstić information content (AvgIpc) is 3.02. The molecule has 140 valence electrons. The standard InChI is InChI=1S/C19H24N2O5/c20-18(23)12-5-7-14(8-6-12)26-10-9-17(22)21-15-4-2-1-3-13(15)11-16(21)19(24)25/h5-8,13,15-16H,1-4,9-11H2,(H2,20,23)(H,24,25). The van der Waals surface area contributed by atoms with Crippen LogP contribution in [0.2, 0.25) is 0 Å². The van der Waals surface area contributed by atoms with Crippen LogP contribution in [-0.2, 0) is 9.59 Å². The van der Waals surface area contributed by atoms with Crippen LogP contribution in [0.4, 0.5) is 0 Å². The predicted octanol–water partition coefficient (Wildman–Crippen LogP) is 1.80. The van der Waals surface area contributed by atoms with Gasteiger partial charge in [0, 0.05) is 11.6 Å². The fourth-order valence-corrected chi connectivity index (χ4v) is 4.14. The highest BCUT2D eigenvalue weighted by Gasteiger charge is 2.47. The number of carboxylic acids is 1. The van der Waals surface area contributed by atoms with Gasteiger partial charge < -0.3 is 20.5 Å². The fraction of sp³-hybridized carbons (Fsp3) is 0.526. The molecule has 1 aliphatic carbocycles. The number of benzene rings is 1. The molecule has 3 unspecified atom stereocenters. The molecule has 26 heavy (non-hydrogen) atoms. The summed E-state index contributed by atoms with van der Waals surface area (Å²) in [6, 6.07) is 5.70. The van der Waals surface area contributed by atoms with Gasteiger partial charge in [-0.1, -0.05) is 12.8 Å². The van der Waals surface area contributed by atoms with Gasteiger partial charge in [-0.25, -0.2) is 4.79 Å². The number of carbonyl (C=O) groups is 3. The molecule has 2 aliphatic rings. The van der Waals surface area contributed by atoms with Crippen LogP contribution in [0.15, 0.2) is 24.3 Å². The first-order valence-electron chi connectivity index (χ1n) is 9.04. The van der Waals surface area contributed by atoms with E-state index in [4.69, 9.17) is 10.5 Å². The van der Waals surface area contributed by atoms with Crippen molar-refractivity contribution in [2.24, 2.45) is 11.7 Å². The summed E-state index contributed by atoms with van der Waals surface area (Å²) in [5, 5.41) is 9.49. The normalized spacial score (nSPS) is 24.8. The molecule has 7 heteroatoms. The zero-order valence-electron chi connectivity index (χ0n) is 14.6. The Bertz CT molecular complexity index is 688. The number of nitrogens with two attached hydrogens (primary N) is 1. The van der Waals surface area contributed by atoms with Gasteiger partial charge >= 0.3 is 5.97 Å². The van der Waals surface area contributed by atoms with Gasteiger partial charge in [-0.15, -0.1) is 0 Å². The molecule has 7 nitrogen and oxygen atoms in total. The van der Waals surface area contributed by atoms with Gasteiger partial charge in [0.25, 0.3) is 0 Å². The lowest BCUT2D eigenvalue weighted by atomic mass is 9.84. The highest BCUT2D eigenvalue weighted by atomic mass is 16.5. The van der Waals surface area contributed by atoms with Gasteiger partial charge in [-0.3, -0.25) is 9.59 Å². The maximum Gasteiger partial charge on any atom is 0.326 e. The third-order valence-electron chi connectivity index (χ3n) is 5.38. The van der Waals surface area contributed by atoms with Gasteiger partial charge in [0.1, 0.15) is 11.8 Å². The fourth-order valence-electron chi connectivity index (χ4n) is 4.14. The van der Waals surface area contributed by atoms with Gasteiger partial charge in [0.05, 0.1) is 13.0 Å². The van der Waals surface area contributed by atoms with Crippen LogP contribution in [0.25, 0.3) is 0 Å². The summed E-state index contributed by atoms with van der Waals surface area (Å²) in [6.45, 7) is 0.162. The molecule has 0 spiro atoms. The van der Waals surface area contributed by atoms with Gasteiger partial charge in [0.15, 0.2) is 0 Å². The number of likely N-dealkylation sites (tertiary alicyclic amines) is 1. The smallest absolute Gasteiger partial charge is 0.326 e. The molecule has 1 aromatic rings. The summed E-state index contributed by atoms with van der Waals surface area (Å²) in [6.07, 6.45) is 4.72. The van der Waals surface area contributed by atoms with Crippen molar-refractivity contribution in [2.45, 2.75) is 50.6 Å². The molecule has 3 rings (SSSR count). The Morgan fingerprint density at radius 1 is 1.15 bits per heavy atom. The maximum atomic E-state index is 12.7. The summed E-state index contributed by atoms with van der Waals surface area (Å²) >= 11 is 0. The molecule has 1 aliphatic heterocycles. The molecule has 2 amide bonds. The summed E-state index contributed by atoms with van der Waals surface area (Å²) in [4.78, 5) is 36.9. The molecular weight excluding hydrogens is 336 g/mol. The van der Waals surface area contributed by atoms with Gasteiger partial charge in [-0.05, 0) is 49.4 Å². The molecule has 2 fully saturated rings. The first kappa shape index (κ1) is 18.2. The van der Waals surface area contributed by atoms with Crippen molar-refractivity contribution in [3.05, 3.63) is 29.8 Å². The lowest BCUT2D eigenvalue weighted by Crippen LogP contribution is -2.46. The maximum absolute atomic E-state index is 12.7. The lowest BCUT2D eigenvalue weighted by molar-refractivity contribution is -0.150. The van der Waals surface area contributed by atoms with Crippen LogP contribution in [0.5, 0.6) is 5.75 Å². The zero-order valence-corrected chi connectivity index (χ0v) is 14.6. The average molecular weight is 360 g/mol. The van der Waals surface area contributed by atoms with Crippen LogP contribution in [-0.4, -0.2) is 46.5 Å². The Kier molecular flexibility index (Phi) is 5.44. The molecular formula is C19H24N2O5. The van der Waals surface area contributed by atoms with E-state index in [2.05, 4.69) is 0 Å². The van der Waals surface area contributed by atoms with E-state index in [0.717, 1.165) is 25.7 Å². The van der Waals surface area contributed by atoms with Crippen molar-refractivity contribution in [3.63, 3.8) is 0 Å². The van der Waals surface area contributed by atoms with Crippen molar-refractivity contribution >= 4 is 17.8 Å². The summed E-state index contributed by atoms with van der Waals surface area (Å²) in [5.41, 5.74) is 5.57. The van der Waals surface area contributed by atoms with Crippen LogP contribution >= 0.6 is 0 Å². The number of primary amides is 1. The highest BCUT2D eigenvalue weighted by molar-refractivity contribution is 5.92. The van der Waals surface area contributed by atoms with E-state index in [1.807, 2.05) is 0 Å². The number of hydrogen-bond donors (Lipinski definition) is 2. The summed E-state index contributed by atoms with van der Waals surface area (Å²) < 4.78 is 5.56. The number of carboxylic acid groups (broad SMARTS) is 1. The van der Waals surface area contributed by atoms with Crippen molar-refractivity contribution < 1.29 is 24.2 Å². The van der Waals surface area contributed by atoms with E-state index < -0.39 is 17.9 Å². The van der Waals surface area contributed by atoms with E-state index in [9.17, 15) is 19.5 Å². The van der Waals surface area contributed by atoms with Crippen molar-refractivity contribution in [1.82, 2.24) is 4.90 Å². The van der Waals surface area contributed by atoms with Crippen molar-refractivity contribution in [3.8, 4) is 5.75 Å². The number of nitrogens with zero attached hydrogens (tertiary/aromatic N) is 1. The number of carbonyl (C=O) groups excluding carboxylic acids is 2. The first-order valence-corrected chi connectivity index (χ1v) is 9.04. The minimum atomic E-state index is -0.921. The Morgan fingerprint density at radius 3 is 2.50 bits per heavy atom. The minimum Gasteiger partial charge on any atom is -0.493 e. The number of fused-ring (bicyclic) bond motifs is 1. The Balaban J connectivity index is 1.57. The van der Waals surface area contributed by atoms with Gasteiger partial charge in [0.2, 0.25) is 11.8 Å². The SMILES string of the molecule is NC(=O)c1ccc(OCCC(=O)N2C(C(=O)O)CC3CCCCC32)cc1. The van der Waals surface area contributed by atoms with E-state index in [1.54, 1.807) is 29.2 Å². The number of ether oxygens (including phenoxy) is 1. The van der Waals surface area contributed by atoms with Crippen LogP contribution in [0.1, 0.15) is 48.9 Å². The highest BCUT2D eigenvalue weighted by Crippen LogP contribution is 2.40. The molecule has 3 N–H and O–H groups in total. The Morgan fingerprint density at radius 2 is 1.85 bits per heavy atom. The largest absolute Gasteiger partial charge is 0.493 e. The third-order valence-corrected chi connectivity index (χ3v) is 5.38.